The molecule has 0 aromatic rings. The Morgan fingerprint density at radius 3 is 2.11 bits per heavy atom. The molecular weight excluding hydrogens is 282 g/mol. The molecule has 0 radical (unpaired) electrons. The van der Waals surface area contributed by atoms with Gasteiger partial charge in [-0.25, -0.2) is 0 Å². The van der Waals surface area contributed by atoms with Gasteiger partial charge in [0.1, 0.15) is 0 Å². The SMILES string of the molecule is CC1=C(C)[C](C)([Ti]([NH]C(C)(C)C)=[Si](C)C(C)C)C=C1. The second-order valence-electron chi connectivity index (χ2n) is 7.43. The van der Waals surface area contributed by atoms with Gasteiger partial charge >= 0.3 is 127 Å². The fourth-order valence-electron chi connectivity index (χ4n) is 2.52. The molecule has 0 saturated heterocycles. The molecular formula is C16H31NSiTi. The maximum absolute atomic E-state index is 4.10. The first kappa shape index (κ1) is 17.4. The van der Waals surface area contributed by atoms with E-state index in [4.69, 9.17) is 0 Å². The van der Waals surface area contributed by atoms with Gasteiger partial charge < -0.3 is 0 Å². The van der Waals surface area contributed by atoms with Crippen LogP contribution in [0, 0.1) is 0 Å². The van der Waals surface area contributed by atoms with Gasteiger partial charge in [-0.2, -0.15) is 0 Å². The third kappa shape index (κ3) is 3.94. The maximum atomic E-state index is 4.10. The van der Waals surface area contributed by atoms with Crippen molar-refractivity contribution in [2.75, 3.05) is 0 Å². The molecule has 0 bridgehead atoms. The van der Waals surface area contributed by atoms with Crippen LogP contribution in [0.3, 0.4) is 0 Å². The first-order chi connectivity index (χ1) is 8.49. The van der Waals surface area contributed by atoms with Gasteiger partial charge in [-0.1, -0.05) is 0 Å². The average molecular weight is 313 g/mol. The van der Waals surface area contributed by atoms with Crippen molar-refractivity contribution in [3.8, 4) is 0 Å². The Morgan fingerprint density at radius 1 is 1.26 bits per heavy atom. The van der Waals surface area contributed by atoms with Crippen molar-refractivity contribution in [2.45, 2.75) is 76.7 Å². The molecule has 1 unspecified atom stereocenters. The van der Waals surface area contributed by atoms with Crippen molar-refractivity contribution >= 4 is 6.19 Å². The zero-order chi connectivity index (χ0) is 15.0. The topological polar surface area (TPSA) is 12.0 Å². The Balaban J connectivity index is 3.36. The van der Waals surface area contributed by atoms with Crippen LogP contribution in [0.15, 0.2) is 23.3 Å². The van der Waals surface area contributed by atoms with Gasteiger partial charge in [-0.05, 0) is 0 Å². The summed E-state index contributed by atoms with van der Waals surface area (Å²) in [6.45, 7) is 21.5. The summed E-state index contributed by atoms with van der Waals surface area (Å²) in [4.78, 5) is 0. The molecule has 3 heteroatoms. The Hall–Kier alpha value is 0.371. The normalized spacial score (nSPS) is 25.4. The molecule has 0 aromatic carbocycles. The first-order valence-electron chi connectivity index (χ1n) is 7.35. The Kier molecular flexibility index (Phi) is 5.51. The second kappa shape index (κ2) is 6.01. The van der Waals surface area contributed by atoms with Gasteiger partial charge in [0.25, 0.3) is 0 Å². The van der Waals surface area contributed by atoms with Gasteiger partial charge in [-0.15, -0.1) is 0 Å². The van der Waals surface area contributed by atoms with Crippen LogP contribution in [0.1, 0.15) is 55.4 Å². The van der Waals surface area contributed by atoms with Crippen molar-refractivity contribution < 1.29 is 16.9 Å². The number of nitrogens with one attached hydrogen (secondary N) is 1. The summed E-state index contributed by atoms with van der Waals surface area (Å²) in [7, 11) is 0. The van der Waals surface area contributed by atoms with E-state index in [-0.39, 0.29) is 11.7 Å². The van der Waals surface area contributed by atoms with Crippen LogP contribution < -0.4 is 3.80 Å². The van der Waals surface area contributed by atoms with Gasteiger partial charge in [0.2, 0.25) is 0 Å². The van der Waals surface area contributed by atoms with E-state index < -0.39 is 16.9 Å². The van der Waals surface area contributed by atoms with Gasteiger partial charge in [0.15, 0.2) is 0 Å². The standard InChI is InChI=1S/C8H11.C4H10N.C4H10Si.Ti/c1-6-4-5-7(2)8(6)3;1-4(2,3)5;1-4(2)5-3;/h4-5H,1-3H3;5H,1-3H3;4H,1-3H3;/q;-1;;+1. The van der Waals surface area contributed by atoms with E-state index in [2.05, 4.69) is 77.9 Å². The van der Waals surface area contributed by atoms with Crippen LogP contribution in [-0.2, 0) is 16.9 Å². The summed E-state index contributed by atoms with van der Waals surface area (Å²) in [6.07, 6.45) is 4.55. The Morgan fingerprint density at radius 2 is 1.79 bits per heavy atom. The van der Waals surface area contributed by atoms with Crippen molar-refractivity contribution in [1.82, 2.24) is 3.80 Å². The fraction of sp³-hybridized carbons (Fsp3) is 0.750. The van der Waals surface area contributed by atoms with E-state index in [1.165, 1.54) is 5.57 Å². The summed E-state index contributed by atoms with van der Waals surface area (Å²) >= 11 is -1.40. The Labute approximate surface area is 126 Å². The molecule has 108 valence electrons. The van der Waals surface area contributed by atoms with E-state index in [0.717, 1.165) is 5.54 Å². The van der Waals surface area contributed by atoms with E-state index in [1.54, 1.807) is 5.57 Å². The van der Waals surface area contributed by atoms with Crippen LogP contribution in [0.4, 0.5) is 0 Å². The molecule has 0 spiro atoms. The third-order valence-corrected chi connectivity index (χ3v) is 19.9. The molecule has 0 heterocycles. The van der Waals surface area contributed by atoms with Crippen LogP contribution in [0.2, 0.25) is 15.8 Å². The first-order valence-corrected chi connectivity index (χ1v) is 13.3. The molecule has 0 amide bonds. The number of hydrogen-bond acceptors (Lipinski definition) is 1. The molecule has 1 nitrogen and oxygen atoms in total. The molecule has 1 aliphatic carbocycles. The summed E-state index contributed by atoms with van der Waals surface area (Å²) in [5.41, 5.74) is 4.20. The summed E-state index contributed by atoms with van der Waals surface area (Å²) < 4.78 is 4.45. The van der Waals surface area contributed by atoms with Crippen molar-refractivity contribution in [2.24, 2.45) is 0 Å². The summed E-state index contributed by atoms with van der Waals surface area (Å²) in [5, 5.41) is 0. The Bertz CT molecular complexity index is 452. The van der Waals surface area contributed by atoms with Crippen molar-refractivity contribution in [3.63, 3.8) is 0 Å². The molecule has 19 heavy (non-hydrogen) atoms. The number of hydrogen-bond donors (Lipinski definition) is 1. The van der Waals surface area contributed by atoms with Crippen molar-refractivity contribution in [3.05, 3.63) is 23.3 Å². The predicted octanol–water partition coefficient (Wildman–Crippen LogP) is 5.02. The van der Waals surface area contributed by atoms with E-state index >= 15 is 0 Å². The molecule has 0 fully saturated rings. The van der Waals surface area contributed by atoms with Crippen molar-refractivity contribution in [1.29, 1.82) is 0 Å². The van der Waals surface area contributed by atoms with Crippen LogP contribution in [0.25, 0.3) is 0 Å². The summed E-state index contributed by atoms with van der Waals surface area (Å²) in [6, 6.07) is 0. The van der Waals surface area contributed by atoms with E-state index in [0.29, 0.717) is 3.72 Å². The molecule has 0 saturated carbocycles. The van der Waals surface area contributed by atoms with Crippen LogP contribution in [0.5, 0.6) is 0 Å². The number of rotatable bonds is 3. The van der Waals surface area contributed by atoms with Gasteiger partial charge in [0.05, 0.1) is 0 Å². The minimum absolute atomic E-state index is 0.240. The molecule has 0 aromatic heterocycles. The van der Waals surface area contributed by atoms with Crippen LogP contribution >= 0.6 is 0 Å². The average Bonchev–Trinajstić information content (AvgIpc) is 2.53. The number of allylic oxidation sites excluding steroid dienone is 4. The molecule has 1 atom stereocenters. The van der Waals surface area contributed by atoms with E-state index in [1.807, 2.05) is 0 Å². The third-order valence-electron chi connectivity index (χ3n) is 4.32. The second-order valence-corrected chi connectivity index (χ2v) is 18.9. The summed E-state index contributed by atoms with van der Waals surface area (Å²) in [5.74, 6) is 0. The van der Waals surface area contributed by atoms with Gasteiger partial charge in [-0.3, -0.25) is 0 Å². The monoisotopic (exact) mass is 313 g/mol. The van der Waals surface area contributed by atoms with Crippen LogP contribution in [-0.4, -0.2) is 11.7 Å². The molecule has 1 rings (SSSR count). The van der Waals surface area contributed by atoms with Gasteiger partial charge in [0, 0.05) is 0 Å². The molecule has 1 aliphatic rings. The molecule has 0 aliphatic heterocycles. The quantitative estimate of drug-likeness (QED) is 0.721. The molecule has 1 N–H and O–H groups in total. The zero-order valence-corrected chi connectivity index (χ0v) is 16.8. The van der Waals surface area contributed by atoms with E-state index in [9.17, 15) is 0 Å². The predicted molar refractivity (Wildman–Crippen MR) is 85.5 cm³/mol. The minimum atomic E-state index is -1.40. The fourth-order valence-corrected chi connectivity index (χ4v) is 17.1. The zero-order valence-electron chi connectivity index (χ0n) is 14.2.